The highest BCUT2D eigenvalue weighted by atomic mass is 32.2. The second-order valence-electron chi connectivity index (χ2n) is 6.37. The number of phenols is 1. The average Bonchev–Trinajstić information content (AvgIpc) is 2.94. The van der Waals surface area contributed by atoms with Gasteiger partial charge in [-0.1, -0.05) is 11.2 Å². The van der Waals surface area contributed by atoms with Gasteiger partial charge < -0.3 is 14.9 Å². The lowest BCUT2D eigenvalue weighted by molar-refractivity contribution is -0.120. The van der Waals surface area contributed by atoms with E-state index in [-0.39, 0.29) is 41.3 Å². The Morgan fingerprint density at radius 3 is 2.58 bits per heavy atom. The smallest absolute Gasteiger partial charge is 0.248 e. The molecule has 0 aliphatic carbocycles. The first-order valence-corrected chi connectivity index (χ1v) is 9.76. The third kappa shape index (κ3) is 3.58. The number of amides is 1. The zero-order valence-corrected chi connectivity index (χ0v) is 15.4. The van der Waals surface area contributed by atoms with Crippen molar-refractivity contribution in [2.45, 2.75) is 31.6 Å². The molecule has 1 saturated heterocycles. The van der Waals surface area contributed by atoms with Gasteiger partial charge in [0, 0.05) is 30.8 Å². The molecule has 26 heavy (non-hydrogen) atoms. The average molecular weight is 379 g/mol. The van der Waals surface area contributed by atoms with Gasteiger partial charge in [0.15, 0.2) is 5.76 Å². The van der Waals surface area contributed by atoms with Crippen LogP contribution in [0.15, 0.2) is 33.7 Å². The number of nitrogens with one attached hydrogen (secondary N) is 1. The summed E-state index contributed by atoms with van der Waals surface area (Å²) in [7, 11) is -3.68. The lowest BCUT2D eigenvalue weighted by Gasteiger charge is -2.30. The first-order valence-electron chi connectivity index (χ1n) is 8.32. The molecule has 2 aromatic rings. The summed E-state index contributed by atoms with van der Waals surface area (Å²) in [6.45, 7) is 3.68. The Balaban J connectivity index is 1.65. The van der Waals surface area contributed by atoms with Gasteiger partial charge in [-0.2, -0.15) is 4.31 Å². The van der Waals surface area contributed by atoms with Gasteiger partial charge in [-0.15, -0.1) is 0 Å². The normalized spacial score (nSPS) is 16.5. The van der Waals surface area contributed by atoms with Gasteiger partial charge in [0.1, 0.15) is 16.3 Å². The number of anilines is 1. The van der Waals surface area contributed by atoms with Gasteiger partial charge in [0.25, 0.3) is 0 Å². The highest BCUT2D eigenvalue weighted by Gasteiger charge is 2.35. The summed E-state index contributed by atoms with van der Waals surface area (Å²) in [4.78, 5) is 12.5. The molecule has 0 radical (unpaired) electrons. The Hall–Kier alpha value is -2.39. The van der Waals surface area contributed by atoms with Gasteiger partial charge >= 0.3 is 0 Å². The number of aromatic nitrogens is 1. The van der Waals surface area contributed by atoms with Crippen LogP contribution in [0, 0.1) is 19.8 Å². The summed E-state index contributed by atoms with van der Waals surface area (Å²) in [5.41, 5.74) is 0.854. The van der Waals surface area contributed by atoms with Crippen molar-refractivity contribution in [1.29, 1.82) is 0 Å². The molecule has 1 aromatic carbocycles. The minimum Gasteiger partial charge on any atom is -0.508 e. The number of nitrogens with zero attached hydrogens (tertiary/aromatic N) is 2. The van der Waals surface area contributed by atoms with Crippen molar-refractivity contribution >= 4 is 21.6 Å². The van der Waals surface area contributed by atoms with E-state index in [1.807, 2.05) is 0 Å². The maximum atomic E-state index is 12.8. The van der Waals surface area contributed by atoms with Crippen molar-refractivity contribution < 1.29 is 22.8 Å². The summed E-state index contributed by atoms with van der Waals surface area (Å²) >= 11 is 0. The molecule has 2 heterocycles. The van der Waals surface area contributed by atoms with Crippen molar-refractivity contribution in [2.75, 3.05) is 18.4 Å². The van der Waals surface area contributed by atoms with Gasteiger partial charge in [-0.25, -0.2) is 8.42 Å². The van der Waals surface area contributed by atoms with E-state index in [9.17, 15) is 18.3 Å². The maximum Gasteiger partial charge on any atom is 0.248 e. The highest BCUT2D eigenvalue weighted by molar-refractivity contribution is 7.89. The third-order valence-corrected chi connectivity index (χ3v) is 6.65. The standard InChI is InChI=1S/C17H21N3O5S/c1-11-16(12(2)25-19-11)26(23,24)20-8-6-13(7-9-20)17(22)18-14-4-3-5-15(21)10-14/h3-5,10,13,21H,6-9H2,1-2H3,(H,18,22). The fourth-order valence-corrected chi connectivity index (χ4v) is 4.92. The summed E-state index contributed by atoms with van der Waals surface area (Å²) in [5.74, 6) is -0.118. The highest BCUT2D eigenvalue weighted by Crippen LogP contribution is 2.28. The predicted molar refractivity (Wildman–Crippen MR) is 94.2 cm³/mol. The number of benzene rings is 1. The Morgan fingerprint density at radius 2 is 2.00 bits per heavy atom. The number of sulfonamides is 1. The van der Waals surface area contributed by atoms with Crippen LogP contribution in [0.1, 0.15) is 24.3 Å². The molecule has 1 aliphatic rings. The monoisotopic (exact) mass is 379 g/mol. The largest absolute Gasteiger partial charge is 0.508 e. The lowest BCUT2D eigenvalue weighted by atomic mass is 9.97. The van der Waals surface area contributed by atoms with Crippen LogP contribution in [0.3, 0.4) is 0 Å². The first-order chi connectivity index (χ1) is 12.3. The van der Waals surface area contributed by atoms with Crippen molar-refractivity contribution in [3.05, 3.63) is 35.7 Å². The van der Waals surface area contributed by atoms with E-state index in [4.69, 9.17) is 4.52 Å². The topological polar surface area (TPSA) is 113 Å². The number of carbonyl (C=O) groups excluding carboxylic acids is 1. The molecule has 0 saturated carbocycles. The quantitative estimate of drug-likeness (QED) is 0.840. The molecular weight excluding hydrogens is 358 g/mol. The van der Waals surface area contributed by atoms with Gasteiger partial charge in [0.05, 0.1) is 0 Å². The van der Waals surface area contributed by atoms with Crippen molar-refractivity contribution in [1.82, 2.24) is 9.46 Å². The Bertz CT molecular complexity index is 895. The van der Waals surface area contributed by atoms with Crippen molar-refractivity contribution in [2.24, 2.45) is 5.92 Å². The Kier molecular flexibility index (Phi) is 5.01. The van der Waals surface area contributed by atoms with Gasteiger partial charge in [-0.3, -0.25) is 4.79 Å². The second-order valence-corrected chi connectivity index (χ2v) is 8.25. The van der Waals surface area contributed by atoms with Crippen molar-refractivity contribution in [3.63, 3.8) is 0 Å². The van der Waals surface area contributed by atoms with Crippen LogP contribution in [-0.2, 0) is 14.8 Å². The van der Waals surface area contributed by atoms with Crippen LogP contribution in [0.25, 0.3) is 0 Å². The summed E-state index contributed by atoms with van der Waals surface area (Å²) < 4.78 is 31.9. The minimum absolute atomic E-state index is 0.0724. The number of aryl methyl sites for hydroxylation is 2. The number of aromatic hydroxyl groups is 1. The molecule has 8 nitrogen and oxygen atoms in total. The van der Waals surface area contributed by atoms with E-state index >= 15 is 0 Å². The molecule has 0 atom stereocenters. The fourth-order valence-electron chi connectivity index (χ4n) is 3.16. The molecule has 0 bridgehead atoms. The molecule has 2 N–H and O–H groups in total. The van der Waals surface area contributed by atoms with Crippen LogP contribution in [0.2, 0.25) is 0 Å². The third-order valence-electron chi connectivity index (χ3n) is 4.50. The first kappa shape index (κ1) is 18.4. The van der Waals surface area contributed by atoms with Crippen LogP contribution in [-0.4, -0.2) is 42.0 Å². The molecular formula is C17H21N3O5S. The SMILES string of the molecule is Cc1noc(C)c1S(=O)(=O)N1CCC(C(=O)Nc2cccc(O)c2)CC1. The number of rotatable bonds is 4. The molecule has 140 valence electrons. The molecule has 9 heteroatoms. The molecule has 1 fully saturated rings. The number of hydrogen-bond donors (Lipinski definition) is 2. The van der Waals surface area contributed by atoms with E-state index in [0.717, 1.165) is 0 Å². The zero-order valence-electron chi connectivity index (χ0n) is 14.6. The fraction of sp³-hybridized carbons (Fsp3) is 0.412. The minimum atomic E-state index is -3.68. The lowest BCUT2D eigenvalue weighted by Crippen LogP contribution is -2.41. The van der Waals surface area contributed by atoms with E-state index in [1.165, 1.54) is 16.4 Å². The van der Waals surface area contributed by atoms with Gasteiger partial charge in [-0.05, 0) is 38.8 Å². The van der Waals surface area contributed by atoms with E-state index < -0.39 is 10.0 Å². The summed E-state index contributed by atoms with van der Waals surface area (Å²) in [6.07, 6.45) is 0.848. The summed E-state index contributed by atoms with van der Waals surface area (Å²) in [6, 6.07) is 6.32. The Labute approximate surface area is 151 Å². The van der Waals surface area contributed by atoms with Crippen LogP contribution >= 0.6 is 0 Å². The molecule has 0 spiro atoms. The zero-order chi connectivity index (χ0) is 18.9. The van der Waals surface area contributed by atoms with Gasteiger partial charge in [0.2, 0.25) is 15.9 Å². The van der Waals surface area contributed by atoms with Crippen LogP contribution < -0.4 is 5.32 Å². The number of phenolic OH excluding ortho intramolecular Hbond substituents is 1. The van der Waals surface area contributed by atoms with Crippen molar-refractivity contribution in [3.8, 4) is 5.75 Å². The summed E-state index contributed by atoms with van der Waals surface area (Å²) in [5, 5.41) is 15.9. The van der Waals surface area contributed by atoms with Crippen LogP contribution in [0.4, 0.5) is 5.69 Å². The molecule has 1 aliphatic heterocycles. The van der Waals surface area contributed by atoms with E-state index in [2.05, 4.69) is 10.5 Å². The van der Waals surface area contributed by atoms with E-state index in [0.29, 0.717) is 24.2 Å². The number of carbonyl (C=O) groups is 1. The molecule has 1 amide bonds. The molecule has 3 rings (SSSR count). The molecule has 1 aromatic heterocycles. The number of piperidine rings is 1. The predicted octanol–water partition coefficient (Wildman–Crippen LogP) is 2.04. The Morgan fingerprint density at radius 1 is 1.31 bits per heavy atom. The maximum absolute atomic E-state index is 12.8. The second kappa shape index (κ2) is 7.08. The number of hydrogen-bond acceptors (Lipinski definition) is 6. The van der Waals surface area contributed by atoms with E-state index in [1.54, 1.807) is 26.0 Å². The van der Waals surface area contributed by atoms with Crippen LogP contribution in [0.5, 0.6) is 5.75 Å². The molecule has 0 unspecified atom stereocenters.